The van der Waals surface area contributed by atoms with Crippen LogP contribution in [0.25, 0.3) is 11.3 Å². The Bertz CT molecular complexity index is 547. The molecule has 1 aliphatic rings. The van der Waals surface area contributed by atoms with E-state index in [1.807, 2.05) is 30.3 Å². The van der Waals surface area contributed by atoms with Gasteiger partial charge in [-0.05, 0) is 37.7 Å². The highest BCUT2D eigenvalue weighted by Crippen LogP contribution is 2.29. The van der Waals surface area contributed by atoms with Gasteiger partial charge in [-0.3, -0.25) is 5.10 Å². The second-order valence-electron chi connectivity index (χ2n) is 5.65. The van der Waals surface area contributed by atoms with E-state index in [0.29, 0.717) is 6.10 Å². The summed E-state index contributed by atoms with van der Waals surface area (Å²) in [5.41, 5.74) is 2.86. The highest BCUT2D eigenvalue weighted by molar-refractivity contribution is 5.62. The molecule has 112 valence electrons. The highest BCUT2D eigenvalue weighted by atomic mass is 16.5. The van der Waals surface area contributed by atoms with Crippen LogP contribution in [-0.4, -0.2) is 28.0 Å². The number of aliphatic hydroxyl groups excluding tert-OH is 1. The molecule has 0 amide bonds. The minimum absolute atomic E-state index is 0.398. The fraction of sp³-hybridized carbons (Fsp3) is 0.471. The van der Waals surface area contributed by atoms with Crippen molar-refractivity contribution in [1.82, 2.24) is 10.2 Å². The normalized spacial score (nSPS) is 19.8. The monoisotopic (exact) mass is 286 g/mol. The molecule has 2 atom stereocenters. The molecule has 1 aromatic carbocycles. The van der Waals surface area contributed by atoms with Crippen molar-refractivity contribution in [2.45, 2.75) is 44.3 Å². The fourth-order valence-corrected chi connectivity index (χ4v) is 2.95. The van der Waals surface area contributed by atoms with Gasteiger partial charge in [0.05, 0.1) is 24.1 Å². The molecular weight excluding hydrogens is 264 g/mol. The minimum Gasteiger partial charge on any atom is -0.388 e. The summed E-state index contributed by atoms with van der Waals surface area (Å²) in [6.07, 6.45) is 6.76. The predicted molar refractivity (Wildman–Crippen MR) is 81.8 cm³/mol. The molecule has 1 aliphatic heterocycles. The Hall–Kier alpha value is -1.65. The van der Waals surface area contributed by atoms with Crippen molar-refractivity contribution < 1.29 is 9.84 Å². The molecule has 0 spiro atoms. The Morgan fingerprint density at radius 3 is 2.95 bits per heavy atom. The van der Waals surface area contributed by atoms with Crippen LogP contribution in [0, 0.1) is 0 Å². The average molecular weight is 286 g/mol. The van der Waals surface area contributed by atoms with Crippen LogP contribution >= 0.6 is 0 Å². The van der Waals surface area contributed by atoms with Crippen molar-refractivity contribution in [2.24, 2.45) is 0 Å². The van der Waals surface area contributed by atoms with E-state index >= 15 is 0 Å². The quantitative estimate of drug-likeness (QED) is 0.855. The third kappa shape index (κ3) is 3.52. The number of ether oxygens (including phenoxy) is 1. The van der Waals surface area contributed by atoms with Gasteiger partial charge in [-0.15, -0.1) is 0 Å². The molecule has 1 fully saturated rings. The predicted octanol–water partition coefficient (Wildman–Crippen LogP) is 3.46. The zero-order valence-corrected chi connectivity index (χ0v) is 12.2. The van der Waals surface area contributed by atoms with Crippen molar-refractivity contribution in [3.63, 3.8) is 0 Å². The molecule has 4 heteroatoms. The van der Waals surface area contributed by atoms with E-state index in [2.05, 4.69) is 10.2 Å². The van der Waals surface area contributed by atoms with E-state index in [1.54, 1.807) is 6.20 Å². The maximum atomic E-state index is 10.4. The zero-order valence-electron chi connectivity index (χ0n) is 12.2. The number of hydrogen-bond donors (Lipinski definition) is 2. The zero-order chi connectivity index (χ0) is 14.5. The van der Waals surface area contributed by atoms with Gasteiger partial charge in [0, 0.05) is 12.2 Å². The topological polar surface area (TPSA) is 58.1 Å². The van der Waals surface area contributed by atoms with Crippen LogP contribution in [0.4, 0.5) is 0 Å². The number of rotatable bonds is 6. The maximum absolute atomic E-state index is 10.4. The second kappa shape index (κ2) is 6.87. The first-order valence-corrected chi connectivity index (χ1v) is 7.73. The summed E-state index contributed by atoms with van der Waals surface area (Å²) >= 11 is 0. The van der Waals surface area contributed by atoms with Gasteiger partial charge in [0.2, 0.25) is 0 Å². The van der Waals surface area contributed by atoms with Crippen LogP contribution in [0.1, 0.15) is 43.8 Å². The van der Waals surface area contributed by atoms with E-state index in [-0.39, 0.29) is 0 Å². The molecule has 2 aromatic rings. The standard InChI is InChI=1S/C17H22N2O2/c20-16(10-4-8-14-9-5-11-21-14)15-12-18-19-17(15)13-6-2-1-3-7-13/h1-3,6-7,12,14,16,20H,4-5,8-11H2,(H,18,19). The van der Waals surface area contributed by atoms with E-state index in [0.717, 1.165) is 49.1 Å². The molecule has 1 saturated heterocycles. The lowest BCUT2D eigenvalue weighted by Crippen LogP contribution is -2.06. The highest BCUT2D eigenvalue weighted by Gasteiger charge is 2.18. The van der Waals surface area contributed by atoms with Crippen molar-refractivity contribution in [3.05, 3.63) is 42.1 Å². The van der Waals surface area contributed by atoms with E-state index in [1.165, 1.54) is 6.42 Å². The molecule has 21 heavy (non-hydrogen) atoms. The first-order valence-electron chi connectivity index (χ1n) is 7.73. The van der Waals surface area contributed by atoms with E-state index < -0.39 is 6.10 Å². The summed E-state index contributed by atoms with van der Waals surface area (Å²) in [5.74, 6) is 0. The summed E-state index contributed by atoms with van der Waals surface area (Å²) in [6.45, 7) is 0.896. The molecule has 2 heterocycles. The van der Waals surface area contributed by atoms with Gasteiger partial charge >= 0.3 is 0 Å². The number of aromatic nitrogens is 2. The van der Waals surface area contributed by atoms with Crippen molar-refractivity contribution in [3.8, 4) is 11.3 Å². The van der Waals surface area contributed by atoms with Crippen LogP contribution in [0.2, 0.25) is 0 Å². The lowest BCUT2D eigenvalue weighted by molar-refractivity contribution is 0.0945. The number of hydrogen-bond acceptors (Lipinski definition) is 3. The Labute approximate surface area is 125 Å². The molecule has 1 aromatic heterocycles. The van der Waals surface area contributed by atoms with Gasteiger partial charge in [-0.25, -0.2) is 0 Å². The van der Waals surface area contributed by atoms with Crippen molar-refractivity contribution in [1.29, 1.82) is 0 Å². The number of nitrogens with one attached hydrogen (secondary N) is 1. The van der Waals surface area contributed by atoms with Crippen LogP contribution < -0.4 is 0 Å². The summed E-state index contributed by atoms with van der Waals surface area (Å²) in [5, 5.41) is 17.5. The first kappa shape index (κ1) is 14.3. The van der Waals surface area contributed by atoms with Crippen LogP contribution in [0.3, 0.4) is 0 Å². The average Bonchev–Trinajstić information content (AvgIpc) is 3.19. The summed E-state index contributed by atoms with van der Waals surface area (Å²) in [4.78, 5) is 0. The molecule has 4 nitrogen and oxygen atoms in total. The number of nitrogens with zero attached hydrogens (tertiary/aromatic N) is 1. The summed E-state index contributed by atoms with van der Waals surface area (Å²) in [6, 6.07) is 10.0. The Morgan fingerprint density at radius 1 is 1.33 bits per heavy atom. The van der Waals surface area contributed by atoms with Crippen LogP contribution in [0.15, 0.2) is 36.5 Å². The Morgan fingerprint density at radius 2 is 2.19 bits per heavy atom. The van der Waals surface area contributed by atoms with Gasteiger partial charge in [-0.2, -0.15) is 5.10 Å². The number of benzene rings is 1. The Balaban J connectivity index is 1.60. The van der Waals surface area contributed by atoms with Crippen LogP contribution in [0.5, 0.6) is 0 Å². The van der Waals surface area contributed by atoms with Gasteiger partial charge in [-0.1, -0.05) is 30.3 Å². The minimum atomic E-state index is -0.472. The first-order chi connectivity index (χ1) is 10.3. The van der Waals surface area contributed by atoms with Gasteiger partial charge in [0.25, 0.3) is 0 Å². The van der Waals surface area contributed by atoms with Crippen molar-refractivity contribution in [2.75, 3.05) is 6.61 Å². The van der Waals surface area contributed by atoms with Crippen molar-refractivity contribution >= 4 is 0 Å². The third-order valence-corrected chi connectivity index (χ3v) is 4.12. The molecule has 3 rings (SSSR count). The summed E-state index contributed by atoms with van der Waals surface area (Å²) < 4.78 is 5.62. The van der Waals surface area contributed by atoms with Gasteiger partial charge < -0.3 is 9.84 Å². The van der Waals surface area contributed by atoms with Crippen LogP contribution in [-0.2, 0) is 4.74 Å². The molecule has 2 unspecified atom stereocenters. The molecular formula is C17H22N2O2. The Kier molecular flexibility index (Phi) is 4.68. The fourth-order valence-electron chi connectivity index (χ4n) is 2.95. The number of H-pyrrole nitrogens is 1. The maximum Gasteiger partial charge on any atom is 0.0826 e. The second-order valence-corrected chi connectivity index (χ2v) is 5.65. The molecule has 0 saturated carbocycles. The lowest BCUT2D eigenvalue weighted by Gasteiger charge is -2.13. The lowest BCUT2D eigenvalue weighted by atomic mass is 9.99. The molecule has 0 bridgehead atoms. The largest absolute Gasteiger partial charge is 0.388 e. The van der Waals surface area contributed by atoms with Gasteiger partial charge in [0.1, 0.15) is 0 Å². The van der Waals surface area contributed by atoms with Gasteiger partial charge in [0.15, 0.2) is 0 Å². The molecule has 0 radical (unpaired) electrons. The molecule has 2 N–H and O–H groups in total. The van der Waals surface area contributed by atoms with E-state index in [4.69, 9.17) is 4.74 Å². The number of aromatic amines is 1. The smallest absolute Gasteiger partial charge is 0.0826 e. The third-order valence-electron chi connectivity index (χ3n) is 4.12. The SMILES string of the molecule is OC(CCCC1CCCO1)c1cn[nH]c1-c1ccccc1. The summed E-state index contributed by atoms with van der Waals surface area (Å²) in [7, 11) is 0. The number of aliphatic hydroxyl groups is 1. The molecule has 0 aliphatic carbocycles. The van der Waals surface area contributed by atoms with E-state index in [9.17, 15) is 5.11 Å².